The Hall–Kier alpha value is -2.25. The van der Waals surface area contributed by atoms with E-state index >= 15 is 0 Å². The Morgan fingerprint density at radius 1 is 0.914 bits per heavy atom. The third-order valence-electron chi connectivity index (χ3n) is 7.30. The number of likely N-dealkylation sites (tertiary alicyclic amines) is 1. The fourth-order valence-corrected chi connectivity index (χ4v) is 5.10. The average molecular weight is 481 g/mol. The maximum atomic E-state index is 11.2. The number of hydrogen-bond acceptors (Lipinski definition) is 5. The number of carbonyl (C=O) groups excluding carboxylic acids is 1. The third kappa shape index (κ3) is 7.14. The summed E-state index contributed by atoms with van der Waals surface area (Å²) in [7, 11) is 0. The molecule has 2 fully saturated rings. The van der Waals surface area contributed by atoms with Crippen molar-refractivity contribution in [2.45, 2.75) is 77.6 Å². The molecule has 2 aliphatic rings. The molecule has 6 heteroatoms. The fraction of sp³-hybridized carbons (Fsp3) is 0.552. The summed E-state index contributed by atoms with van der Waals surface area (Å²) < 4.78 is 13.2. The number of aliphatic hydroxyl groups is 1. The highest BCUT2D eigenvalue weighted by atomic mass is 16.7. The molecule has 2 aliphatic heterocycles. The minimum Gasteiger partial charge on any atom is -0.392 e. The van der Waals surface area contributed by atoms with Crippen LogP contribution in [-0.2, 0) is 27.4 Å². The van der Waals surface area contributed by atoms with Gasteiger partial charge in [-0.05, 0) is 42.6 Å². The number of benzene rings is 2. The van der Waals surface area contributed by atoms with Gasteiger partial charge in [-0.15, -0.1) is 0 Å². The second-order valence-corrected chi connectivity index (χ2v) is 10.0. The number of aliphatic hydroxyl groups excluding tert-OH is 1. The van der Waals surface area contributed by atoms with Gasteiger partial charge in [0, 0.05) is 31.5 Å². The molecule has 0 unspecified atom stereocenters. The van der Waals surface area contributed by atoms with Crippen molar-refractivity contribution in [1.29, 1.82) is 0 Å². The van der Waals surface area contributed by atoms with Gasteiger partial charge in [-0.25, -0.2) is 0 Å². The molecule has 0 spiro atoms. The minimum absolute atomic E-state index is 0.0372. The molecule has 2 aromatic rings. The molecule has 4 atom stereocenters. The Labute approximate surface area is 209 Å². The van der Waals surface area contributed by atoms with Crippen molar-refractivity contribution >= 4 is 5.91 Å². The van der Waals surface area contributed by atoms with Crippen LogP contribution in [0, 0.1) is 5.92 Å². The summed E-state index contributed by atoms with van der Waals surface area (Å²) in [6.45, 7) is 7.47. The number of hydrogen-bond donors (Lipinski definition) is 2. The van der Waals surface area contributed by atoms with Crippen LogP contribution in [0.1, 0.15) is 80.6 Å². The molecule has 0 aromatic heterocycles. The maximum Gasteiger partial charge on any atom is 0.217 e. The van der Waals surface area contributed by atoms with Crippen LogP contribution in [0.3, 0.4) is 0 Å². The highest BCUT2D eigenvalue weighted by Gasteiger charge is 2.39. The predicted molar refractivity (Wildman–Crippen MR) is 136 cm³/mol. The van der Waals surface area contributed by atoms with Crippen LogP contribution in [0.15, 0.2) is 48.5 Å². The normalized spacial score (nSPS) is 26.0. The Bertz CT molecular complexity index is 923. The summed E-state index contributed by atoms with van der Waals surface area (Å²) in [6.07, 6.45) is 5.98. The quantitative estimate of drug-likeness (QED) is 0.592. The van der Waals surface area contributed by atoms with E-state index in [1.165, 1.54) is 39.0 Å². The lowest BCUT2D eigenvalue weighted by atomic mass is 9.89. The molecule has 0 saturated carbocycles. The molecule has 0 aliphatic carbocycles. The fourth-order valence-electron chi connectivity index (χ4n) is 5.10. The topological polar surface area (TPSA) is 71.0 Å². The number of rotatable bonds is 7. The van der Waals surface area contributed by atoms with Crippen LogP contribution in [0.2, 0.25) is 0 Å². The predicted octanol–water partition coefficient (Wildman–Crippen LogP) is 4.87. The van der Waals surface area contributed by atoms with Crippen LogP contribution >= 0.6 is 0 Å². The van der Waals surface area contributed by atoms with Crippen molar-refractivity contribution in [1.82, 2.24) is 10.2 Å². The van der Waals surface area contributed by atoms with E-state index in [0.29, 0.717) is 6.54 Å². The first-order valence-corrected chi connectivity index (χ1v) is 13.1. The van der Waals surface area contributed by atoms with Crippen LogP contribution in [0.4, 0.5) is 0 Å². The molecule has 190 valence electrons. The van der Waals surface area contributed by atoms with E-state index in [0.717, 1.165) is 41.9 Å². The standard InChI is InChI=1S/C29H40N2O4/c1-21-27(19-31-16-6-4-3-5-7-17-31)34-29(26-14-8-23(9-15-26)18-30-22(2)33)35-28(21)25-12-10-24(20-32)11-13-25/h8-15,21,27-29,32H,3-7,16-20H2,1-2H3,(H,30,33)/t21-,27+,28+,29+/m0/s1. The maximum absolute atomic E-state index is 11.2. The van der Waals surface area contributed by atoms with Gasteiger partial charge in [-0.3, -0.25) is 4.79 Å². The van der Waals surface area contributed by atoms with Gasteiger partial charge < -0.3 is 24.8 Å². The van der Waals surface area contributed by atoms with E-state index in [1.54, 1.807) is 0 Å². The molecule has 0 bridgehead atoms. The van der Waals surface area contributed by atoms with Crippen molar-refractivity contribution in [3.63, 3.8) is 0 Å². The minimum atomic E-state index is -0.455. The molecule has 4 rings (SSSR count). The molecule has 1 amide bonds. The largest absolute Gasteiger partial charge is 0.392 e. The van der Waals surface area contributed by atoms with Crippen molar-refractivity contribution < 1.29 is 19.4 Å². The number of nitrogens with one attached hydrogen (secondary N) is 1. The highest BCUT2D eigenvalue weighted by Crippen LogP contribution is 2.42. The summed E-state index contributed by atoms with van der Waals surface area (Å²) in [5.74, 6) is 0.153. The Kier molecular flexibility index (Phi) is 9.32. The van der Waals surface area contributed by atoms with Crippen molar-refractivity contribution in [2.24, 2.45) is 5.92 Å². The SMILES string of the molecule is CC(=O)NCc1ccc([C@@H]2O[C@H](CN3CCCCCCC3)[C@H](C)[C@H](c3ccc(CO)cc3)O2)cc1. The van der Waals surface area contributed by atoms with Crippen LogP contribution in [0.5, 0.6) is 0 Å². The van der Waals surface area contributed by atoms with Crippen LogP contribution in [-0.4, -0.2) is 41.7 Å². The first kappa shape index (κ1) is 25.8. The Morgan fingerprint density at radius 3 is 2.14 bits per heavy atom. The molecule has 35 heavy (non-hydrogen) atoms. The average Bonchev–Trinajstić information content (AvgIpc) is 2.86. The Balaban J connectivity index is 1.53. The summed E-state index contributed by atoms with van der Waals surface area (Å²) in [6, 6.07) is 16.2. The number of ether oxygens (including phenoxy) is 2. The zero-order valence-corrected chi connectivity index (χ0v) is 21.1. The number of amides is 1. The molecule has 2 heterocycles. The van der Waals surface area contributed by atoms with E-state index in [9.17, 15) is 9.90 Å². The molecule has 6 nitrogen and oxygen atoms in total. The van der Waals surface area contributed by atoms with Gasteiger partial charge in [0.05, 0.1) is 18.8 Å². The first-order chi connectivity index (χ1) is 17.0. The van der Waals surface area contributed by atoms with Gasteiger partial charge in [0.25, 0.3) is 0 Å². The van der Waals surface area contributed by atoms with E-state index in [1.807, 2.05) is 36.4 Å². The van der Waals surface area contributed by atoms with Gasteiger partial charge >= 0.3 is 0 Å². The summed E-state index contributed by atoms with van der Waals surface area (Å²) in [5.41, 5.74) is 4.04. The van der Waals surface area contributed by atoms with Gasteiger partial charge in [0.15, 0.2) is 6.29 Å². The van der Waals surface area contributed by atoms with Crippen molar-refractivity contribution in [3.05, 3.63) is 70.8 Å². The smallest absolute Gasteiger partial charge is 0.217 e. The van der Waals surface area contributed by atoms with E-state index in [4.69, 9.17) is 9.47 Å². The van der Waals surface area contributed by atoms with Crippen molar-refractivity contribution in [2.75, 3.05) is 19.6 Å². The molecular weight excluding hydrogens is 440 g/mol. The molecule has 2 aromatic carbocycles. The monoisotopic (exact) mass is 480 g/mol. The summed E-state index contributed by atoms with van der Waals surface area (Å²) >= 11 is 0. The second kappa shape index (κ2) is 12.6. The molecule has 0 radical (unpaired) electrons. The molecule has 2 N–H and O–H groups in total. The summed E-state index contributed by atoms with van der Waals surface area (Å²) in [5, 5.41) is 12.3. The van der Waals surface area contributed by atoms with Crippen LogP contribution in [0.25, 0.3) is 0 Å². The third-order valence-corrected chi connectivity index (χ3v) is 7.30. The van der Waals surface area contributed by atoms with Gasteiger partial charge in [-0.2, -0.15) is 0 Å². The molecule has 2 saturated heterocycles. The first-order valence-electron chi connectivity index (χ1n) is 13.1. The van der Waals surface area contributed by atoms with Gasteiger partial charge in [-0.1, -0.05) is 74.7 Å². The second-order valence-electron chi connectivity index (χ2n) is 10.0. The zero-order chi connectivity index (χ0) is 24.6. The lowest BCUT2D eigenvalue weighted by Gasteiger charge is -2.43. The van der Waals surface area contributed by atoms with E-state index in [2.05, 4.69) is 29.3 Å². The van der Waals surface area contributed by atoms with Gasteiger partial charge in [0.1, 0.15) is 0 Å². The Morgan fingerprint density at radius 2 is 1.51 bits per heavy atom. The van der Waals surface area contributed by atoms with E-state index < -0.39 is 6.29 Å². The lowest BCUT2D eigenvalue weighted by Crippen LogP contribution is -2.45. The highest BCUT2D eigenvalue weighted by molar-refractivity contribution is 5.72. The zero-order valence-electron chi connectivity index (χ0n) is 21.1. The summed E-state index contributed by atoms with van der Waals surface area (Å²) in [4.78, 5) is 13.8. The molecular formula is C29H40N2O4. The van der Waals surface area contributed by atoms with Gasteiger partial charge in [0.2, 0.25) is 5.91 Å². The van der Waals surface area contributed by atoms with E-state index in [-0.39, 0.29) is 30.6 Å². The van der Waals surface area contributed by atoms with Crippen molar-refractivity contribution in [3.8, 4) is 0 Å². The number of nitrogens with zero attached hydrogens (tertiary/aromatic N) is 1. The number of carbonyl (C=O) groups is 1. The lowest BCUT2D eigenvalue weighted by molar-refractivity contribution is -0.276. The van der Waals surface area contributed by atoms with Crippen LogP contribution < -0.4 is 5.32 Å².